The quantitative estimate of drug-likeness (QED) is 0.0391. The van der Waals surface area contributed by atoms with Crippen LogP contribution in [0.25, 0.3) is 0 Å². The van der Waals surface area contributed by atoms with E-state index in [2.05, 4.69) is 54.7 Å². The van der Waals surface area contributed by atoms with Gasteiger partial charge in [-0.3, -0.25) is 4.79 Å². The second-order valence-corrected chi connectivity index (χ2v) is 14.7. The molecule has 2 aliphatic carbocycles. The summed E-state index contributed by atoms with van der Waals surface area (Å²) in [6.45, 7) is 15.5. The summed E-state index contributed by atoms with van der Waals surface area (Å²) in [7, 11) is 0. The van der Waals surface area contributed by atoms with E-state index in [4.69, 9.17) is 14.2 Å². The Morgan fingerprint density at radius 2 is 0.986 bits per heavy atom. The van der Waals surface area contributed by atoms with Gasteiger partial charge in [-0.1, -0.05) is 56.0 Å². The number of rotatable bonds is 19. The maximum atomic E-state index is 11.9. The number of esters is 6. The SMILES string of the molecule is C.C.C.C.C=C(C)C(=O)OCC(=O)OC1C2CC3CC(C2)C(=O)OC1C3.C=C(C)C(=O)OCCOC(C)C(F)(F)F.C=C(C)C(=O)OCCOCC(F)(F)F.C=C(C)C(=O)OCCOCC(F)(F)F. The van der Waals surface area contributed by atoms with E-state index in [1.165, 1.54) is 27.7 Å². The lowest BCUT2D eigenvalue weighted by Gasteiger charge is -2.41. The zero-order valence-electron chi connectivity index (χ0n) is 36.5. The van der Waals surface area contributed by atoms with Crippen LogP contribution in [0, 0.1) is 17.8 Å². The maximum Gasteiger partial charge on any atom is 0.414 e. The molecule has 0 spiro atoms. The predicted octanol–water partition coefficient (Wildman–Crippen LogP) is 9.37. The summed E-state index contributed by atoms with van der Waals surface area (Å²) >= 11 is 0. The van der Waals surface area contributed by atoms with E-state index in [0.29, 0.717) is 5.92 Å². The van der Waals surface area contributed by atoms with Gasteiger partial charge < -0.3 is 42.6 Å². The fourth-order valence-electron chi connectivity index (χ4n) is 5.46. The lowest BCUT2D eigenvalue weighted by molar-refractivity contribution is -0.216. The molecule has 6 unspecified atom stereocenters. The van der Waals surface area contributed by atoms with Crippen molar-refractivity contribution in [2.75, 3.05) is 59.5 Å². The summed E-state index contributed by atoms with van der Waals surface area (Å²) in [5, 5.41) is 0. The molecule has 4 rings (SSSR count). The largest absolute Gasteiger partial charge is 0.460 e. The minimum Gasteiger partial charge on any atom is -0.460 e. The maximum absolute atomic E-state index is 11.9. The Balaban J connectivity index is -0.000000265. The van der Waals surface area contributed by atoms with Crippen LogP contribution in [0.1, 0.15) is 90.0 Å². The highest BCUT2D eigenvalue weighted by molar-refractivity contribution is 5.89. The average molecular weight is 1020 g/mol. The summed E-state index contributed by atoms with van der Waals surface area (Å²) in [5.74, 6) is -2.72. The van der Waals surface area contributed by atoms with Gasteiger partial charge in [0.25, 0.3) is 0 Å². The first-order chi connectivity index (χ1) is 29.8. The van der Waals surface area contributed by atoms with Crippen LogP contribution in [0.2, 0.25) is 0 Å². The smallest absolute Gasteiger partial charge is 0.414 e. The van der Waals surface area contributed by atoms with E-state index >= 15 is 0 Å². The molecule has 2 aliphatic heterocycles. The van der Waals surface area contributed by atoms with Crippen LogP contribution < -0.4 is 0 Å². The Bertz CT molecular complexity index is 1600. The van der Waals surface area contributed by atoms with Gasteiger partial charge in [-0.2, -0.15) is 39.5 Å². The van der Waals surface area contributed by atoms with Crippen molar-refractivity contribution < 1.29 is 111 Å². The average Bonchev–Trinajstić information content (AvgIpc) is 3.34. The number of carbonyl (C=O) groups is 6. The number of halogens is 9. The molecule has 24 heteroatoms. The third kappa shape index (κ3) is 34.1. The van der Waals surface area contributed by atoms with Crippen LogP contribution in [0.3, 0.4) is 0 Å². The Hall–Kier alpha value is -4.97. The van der Waals surface area contributed by atoms with E-state index in [9.17, 15) is 68.3 Å². The fourth-order valence-corrected chi connectivity index (χ4v) is 5.46. The van der Waals surface area contributed by atoms with Crippen molar-refractivity contribution >= 4 is 35.8 Å². The molecule has 0 aromatic carbocycles. The Labute approximate surface area is 399 Å². The summed E-state index contributed by atoms with van der Waals surface area (Å²) in [5.41, 5.74) is 0.814. The van der Waals surface area contributed by atoms with Crippen LogP contribution in [0.15, 0.2) is 48.6 Å². The van der Waals surface area contributed by atoms with Crippen LogP contribution in [0.5, 0.6) is 0 Å². The lowest BCUT2D eigenvalue weighted by atomic mass is 9.67. The summed E-state index contributed by atoms with van der Waals surface area (Å²) in [6, 6.07) is 0. The van der Waals surface area contributed by atoms with Gasteiger partial charge in [-0.15, -0.1) is 0 Å². The van der Waals surface area contributed by atoms with E-state index < -0.39 is 80.4 Å². The third-order valence-corrected chi connectivity index (χ3v) is 8.42. The molecule has 2 heterocycles. The topological polar surface area (TPSA) is 185 Å². The highest BCUT2D eigenvalue weighted by atomic mass is 19.4. The molecule has 4 fully saturated rings. The number of ether oxygens (including phenoxy) is 9. The van der Waals surface area contributed by atoms with Gasteiger partial charge in [0.05, 0.1) is 25.7 Å². The molecule has 0 radical (unpaired) electrons. The number of carbonyl (C=O) groups excluding carboxylic acids is 6. The number of fused-ring (bicyclic) bond motifs is 1. The normalized spacial score (nSPS) is 18.8. The van der Waals surface area contributed by atoms with Crippen LogP contribution in [-0.4, -0.2) is 132 Å². The Morgan fingerprint density at radius 1 is 0.594 bits per heavy atom. The molecule has 69 heavy (non-hydrogen) atoms. The summed E-state index contributed by atoms with van der Waals surface area (Å²) in [6.07, 6.45) is -12.4. The zero-order chi connectivity index (χ0) is 50.3. The predicted molar refractivity (Wildman–Crippen MR) is 234 cm³/mol. The first-order valence-electron chi connectivity index (χ1n) is 19.5. The fraction of sp³-hybridized carbons (Fsp3) is 0.689. The van der Waals surface area contributed by atoms with Crippen LogP contribution >= 0.6 is 0 Å². The standard InChI is InChI=1S/C16H20O6.C9H13F3O3.2C8H11F3O3.4CH4/c1-8(2)15(18)20-7-13(17)22-14-10-3-9-4-11(6-10)16(19)21-12(14)5-9;1-6(2)8(13)15-5-4-14-7(3)9(10,11)12;2*1-6(2)7(12)14-4-3-13-5-8(9,10)11;;;;/h9-12,14H,1,3-7H2,2H3;7H,1,4-5H2,2-3H3;2*1,3-5H2,2H3;4*1H4. The molecule has 15 nitrogen and oxygen atoms in total. The van der Waals surface area contributed by atoms with E-state index in [-0.39, 0.29) is 116 Å². The molecule has 4 bridgehead atoms. The van der Waals surface area contributed by atoms with Gasteiger partial charge in [-0.05, 0) is 66.2 Å². The molecular weight excluding hydrogens is 951 g/mol. The first-order valence-corrected chi connectivity index (χ1v) is 19.5. The Kier molecular flexibility index (Phi) is 37.2. The van der Waals surface area contributed by atoms with Crippen molar-refractivity contribution in [1.29, 1.82) is 0 Å². The Morgan fingerprint density at radius 3 is 1.36 bits per heavy atom. The van der Waals surface area contributed by atoms with E-state index in [1.807, 2.05) is 0 Å². The van der Waals surface area contributed by atoms with Crippen molar-refractivity contribution in [1.82, 2.24) is 0 Å². The van der Waals surface area contributed by atoms with Crippen molar-refractivity contribution in [2.45, 2.75) is 127 Å². The molecule has 0 aromatic heterocycles. The van der Waals surface area contributed by atoms with Crippen molar-refractivity contribution in [2.24, 2.45) is 17.8 Å². The van der Waals surface area contributed by atoms with E-state index in [1.54, 1.807) is 0 Å². The third-order valence-electron chi connectivity index (χ3n) is 8.42. The minimum atomic E-state index is -4.39. The molecule has 2 saturated heterocycles. The number of hydrogen-bond donors (Lipinski definition) is 0. The summed E-state index contributed by atoms with van der Waals surface area (Å²) in [4.78, 5) is 67.3. The van der Waals surface area contributed by atoms with Crippen molar-refractivity contribution in [3.63, 3.8) is 0 Å². The molecule has 0 aromatic rings. The molecule has 4 aliphatic rings. The molecule has 0 N–H and O–H groups in total. The zero-order valence-corrected chi connectivity index (χ0v) is 36.5. The van der Waals surface area contributed by atoms with Gasteiger partial charge in [0.15, 0.2) is 12.7 Å². The molecular formula is C45H71F9O15. The van der Waals surface area contributed by atoms with Crippen molar-refractivity contribution in [3.8, 4) is 0 Å². The van der Waals surface area contributed by atoms with Gasteiger partial charge in [-0.25, -0.2) is 24.0 Å². The molecule has 2 saturated carbocycles. The lowest BCUT2D eigenvalue weighted by Crippen LogP contribution is -2.45. The van der Waals surface area contributed by atoms with Crippen molar-refractivity contribution in [3.05, 3.63) is 48.6 Å². The van der Waals surface area contributed by atoms with Gasteiger partial charge in [0.1, 0.15) is 45.2 Å². The molecule has 6 atom stereocenters. The second-order valence-electron chi connectivity index (χ2n) is 14.7. The second kappa shape index (κ2) is 35.2. The van der Waals surface area contributed by atoms with Crippen LogP contribution in [0.4, 0.5) is 39.5 Å². The molecule has 404 valence electrons. The number of hydrogen-bond acceptors (Lipinski definition) is 15. The minimum absolute atomic E-state index is 0. The first kappa shape index (κ1) is 73.0. The van der Waals surface area contributed by atoms with Gasteiger partial charge in [0, 0.05) is 28.2 Å². The van der Waals surface area contributed by atoms with E-state index in [0.717, 1.165) is 32.6 Å². The monoisotopic (exact) mass is 1020 g/mol. The van der Waals surface area contributed by atoms with Gasteiger partial charge in [0.2, 0.25) is 0 Å². The molecule has 0 amide bonds. The highest BCUT2D eigenvalue weighted by Crippen LogP contribution is 2.48. The van der Waals surface area contributed by atoms with Crippen LogP contribution in [-0.2, 0) is 71.4 Å². The summed E-state index contributed by atoms with van der Waals surface area (Å²) < 4.78 is 147. The van der Waals surface area contributed by atoms with Gasteiger partial charge >= 0.3 is 54.3 Å². The number of alkyl halides is 9. The highest BCUT2D eigenvalue weighted by Gasteiger charge is 2.51.